The van der Waals surface area contributed by atoms with E-state index in [0.29, 0.717) is 11.0 Å². The first kappa shape index (κ1) is 10.5. The number of hydrogen-bond donors (Lipinski definition) is 2. The highest BCUT2D eigenvalue weighted by atomic mass is 32.2. The van der Waals surface area contributed by atoms with E-state index in [2.05, 4.69) is 9.98 Å². The van der Waals surface area contributed by atoms with E-state index in [1.807, 2.05) is 0 Å². The van der Waals surface area contributed by atoms with E-state index in [-0.39, 0.29) is 5.56 Å². The third kappa shape index (κ3) is 2.74. The van der Waals surface area contributed by atoms with Crippen LogP contribution >= 0.6 is 11.8 Å². The third-order valence-corrected chi connectivity index (χ3v) is 1.94. The number of hydrogen-bond acceptors (Lipinski definition) is 4. The van der Waals surface area contributed by atoms with Crippen molar-refractivity contribution < 1.29 is 9.90 Å². The van der Waals surface area contributed by atoms with Gasteiger partial charge in [0.1, 0.15) is 0 Å². The number of aromatic carboxylic acids is 1. The Morgan fingerprint density at radius 1 is 1.64 bits per heavy atom. The predicted molar refractivity (Wildman–Crippen MR) is 56.0 cm³/mol. The molecule has 0 fully saturated rings. The van der Waals surface area contributed by atoms with E-state index < -0.39 is 5.97 Å². The normalized spacial score (nSPS) is 11.4. The van der Waals surface area contributed by atoms with Gasteiger partial charge in [0.2, 0.25) is 0 Å². The van der Waals surface area contributed by atoms with Crippen LogP contribution in [0.25, 0.3) is 0 Å². The Kier molecular flexibility index (Phi) is 3.47. The standard InChI is InChI=1S/C8H9N3O2S/c1-14-8(9)11-6-3-2-5(4-10-6)7(12)13/h2-4H,1H3,(H,12,13)(H2,9,10,11). The number of rotatable bonds is 2. The zero-order valence-electron chi connectivity index (χ0n) is 7.47. The Bertz CT molecular complexity index is 361. The number of nitrogens with two attached hydrogens (primary N) is 1. The van der Waals surface area contributed by atoms with Crippen molar-refractivity contribution in [1.29, 1.82) is 0 Å². The first-order valence-electron chi connectivity index (χ1n) is 3.71. The third-order valence-electron chi connectivity index (χ3n) is 1.43. The van der Waals surface area contributed by atoms with Gasteiger partial charge in [-0.1, -0.05) is 11.8 Å². The lowest BCUT2D eigenvalue weighted by atomic mass is 10.3. The molecule has 0 saturated carbocycles. The summed E-state index contributed by atoms with van der Waals surface area (Å²) in [6.45, 7) is 0. The second-order valence-corrected chi connectivity index (χ2v) is 3.19. The van der Waals surface area contributed by atoms with E-state index >= 15 is 0 Å². The smallest absolute Gasteiger partial charge is 0.337 e. The number of carboxylic acids is 1. The zero-order valence-corrected chi connectivity index (χ0v) is 8.28. The quantitative estimate of drug-likeness (QED) is 0.564. The van der Waals surface area contributed by atoms with Crippen molar-refractivity contribution >= 4 is 28.7 Å². The average Bonchev–Trinajstić information content (AvgIpc) is 2.18. The molecule has 0 saturated heterocycles. The molecule has 14 heavy (non-hydrogen) atoms. The van der Waals surface area contributed by atoms with E-state index in [1.54, 1.807) is 6.26 Å². The van der Waals surface area contributed by atoms with E-state index in [9.17, 15) is 4.79 Å². The minimum Gasteiger partial charge on any atom is -0.478 e. The summed E-state index contributed by atoms with van der Waals surface area (Å²) in [4.78, 5) is 18.2. The molecule has 0 atom stereocenters. The molecule has 6 heteroatoms. The summed E-state index contributed by atoms with van der Waals surface area (Å²) in [7, 11) is 0. The molecule has 0 spiro atoms. The minimum atomic E-state index is -1.01. The van der Waals surface area contributed by atoms with Crippen LogP contribution in [0.15, 0.2) is 23.3 Å². The van der Waals surface area contributed by atoms with E-state index in [4.69, 9.17) is 10.8 Å². The van der Waals surface area contributed by atoms with Gasteiger partial charge in [-0.25, -0.2) is 14.8 Å². The van der Waals surface area contributed by atoms with Crippen LogP contribution in [-0.4, -0.2) is 27.5 Å². The first-order chi connectivity index (χ1) is 6.63. The summed E-state index contributed by atoms with van der Waals surface area (Å²) in [6, 6.07) is 2.94. The molecule has 0 radical (unpaired) electrons. The van der Waals surface area contributed by atoms with Gasteiger partial charge in [0.15, 0.2) is 11.0 Å². The molecule has 5 nitrogen and oxygen atoms in total. The van der Waals surface area contributed by atoms with Crippen LogP contribution in [0.2, 0.25) is 0 Å². The largest absolute Gasteiger partial charge is 0.478 e. The summed E-state index contributed by atoms with van der Waals surface area (Å²) >= 11 is 1.30. The van der Waals surface area contributed by atoms with Gasteiger partial charge in [0, 0.05) is 6.20 Å². The van der Waals surface area contributed by atoms with Gasteiger partial charge >= 0.3 is 5.97 Å². The van der Waals surface area contributed by atoms with Crippen molar-refractivity contribution in [1.82, 2.24) is 4.98 Å². The molecule has 0 aliphatic rings. The second-order valence-electron chi connectivity index (χ2n) is 2.36. The van der Waals surface area contributed by atoms with Crippen molar-refractivity contribution in [3.8, 4) is 0 Å². The Balaban J connectivity index is 2.89. The molecule has 0 unspecified atom stereocenters. The number of aliphatic imine (C=N–C) groups is 1. The Hall–Kier alpha value is -1.56. The summed E-state index contributed by atoms with van der Waals surface area (Å²) in [6.07, 6.45) is 3.04. The molecule has 0 aliphatic carbocycles. The molecular weight excluding hydrogens is 202 g/mol. The maximum absolute atomic E-state index is 10.5. The number of pyridine rings is 1. The molecular formula is C8H9N3O2S. The fourth-order valence-electron chi connectivity index (χ4n) is 0.737. The Morgan fingerprint density at radius 2 is 2.36 bits per heavy atom. The van der Waals surface area contributed by atoms with Crippen molar-refractivity contribution in [2.24, 2.45) is 10.7 Å². The second kappa shape index (κ2) is 4.61. The fraction of sp³-hybridized carbons (Fsp3) is 0.125. The molecule has 1 rings (SSSR count). The number of amidine groups is 1. The topological polar surface area (TPSA) is 88.6 Å². The van der Waals surface area contributed by atoms with Crippen molar-refractivity contribution in [2.75, 3.05) is 6.26 Å². The van der Waals surface area contributed by atoms with Crippen molar-refractivity contribution in [3.05, 3.63) is 23.9 Å². The predicted octanol–water partition coefficient (Wildman–Crippen LogP) is 1.09. The van der Waals surface area contributed by atoms with Crippen LogP contribution in [0.4, 0.5) is 5.82 Å². The van der Waals surface area contributed by atoms with E-state index in [0.717, 1.165) is 0 Å². The van der Waals surface area contributed by atoms with Crippen LogP contribution in [0, 0.1) is 0 Å². The molecule has 1 aromatic heterocycles. The fourth-order valence-corrected chi connectivity index (χ4v) is 0.922. The number of aromatic nitrogens is 1. The highest BCUT2D eigenvalue weighted by molar-refractivity contribution is 8.13. The molecule has 0 amide bonds. The van der Waals surface area contributed by atoms with Crippen LogP contribution in [0.1, 0.15) is 10.4 Å². The van der Waals surface area contributed by atoms with Gasteiger partial charge in [-0.3, -0.25) is 0 Å². The molecule has 74 valence electrons. The summed E-state index contributed by atoms with van der Waals surface area (Å²) in [5.41, 5.74) is 5.59. The van der Waals surface area contributed by atoms with Gasteiger partial charge in [-0.15, -0.1) is 0 Å². The average molecular weight is 211 g/mol. The lowest BCUT2D eigenvalue weighted by Gasteiger charge is -1.96. The van der Waals surface area contributed by atoms with Crippen LogP contribution in [0.5, 0.6) is 0 Å². The Labute approximate surface area is 85.1 Å². The van der Waals surface area contributed by atoms with E-state index in [1.165, 1.54) is 30.1 Å². The van der Waals surface area contributed by atoms with Gasteiger partial charge in [0.05, 0.1) is 5.56 Å². The monoisotopic (exact) mass is 211 g/mol. The number of nitrogens with zero attached hydrogens (tertiary/aromatic N) is 2. The van der Waals surface area contributed by atoms with Crippen molar-refractivity contribution in [2.45, 2.75) is 0 Å². The zero-order chi connectivity index (χ0) is 10.6. The number of carbonyl (C=O) groups is 1. The number of thioether (sulfide) groups is 1. The maximum atomic E-state index is 10.5. The SMILES string of the molecule is CSC(N)=Nc1ccc(C(=O)O)cn1. The first-order valence-corrected chi connectivity index (χ1v) is 4.93. The highest BCUT2D eigenvalue weighted by Gasteiger charge is 2.02. The van der Waals surface area contributed by atoms with Gasteiger partial charge in [0.25, 0.3) is 0 Å². The van der Waals surface area contributed by atoms with Crippen LogP contribution < -0.4 is 5.73 Å². The highest BCUT2D eigenvalue weighted by Crippen LogP contribution is 2.10. The Morgan fingerprint density at radius 3 is 2.79 bits per heavy atom. The summed E-state index contributed by atoms with van der Waals surface area (Å²) < 4.78 is 0. The van der Waals surface area contributed by atoms with Gasteiger partial charge < -0.3 is 10.8 Å². The lowest BCUT2D eigenvalue weighted by Crippen LogP contribution is -2.04. The maximum Gasteiger partial charge on any atom is 0.337 e. The summed E-state index contributed by atoms with van der Waals surface area (Å²) in [5, 5.41) is 8.99. The van der Waals surface area contributed by atoms with Gasteiger partial charge in [-0.05, 0) is 18.4 Å². The van der Waals surface area contributed by atoms with Gasteiger partial charge in [-0.2, -0.15) is 0 Å². The molecule has 1 heterocycles. The van der Waals surface area contributed by atoms with Crippen molar-refractivity contribution in [3.63, 3.8) is 0 Å². The molecule has 3 N–H and O–H groups in total. The molecule has 0 aromatic carbocycles. The van der Waals surface area contributed by atoms with Crippen LogP contribution in [0.3, 0.4) is 0 Å². The summed E-state index contributed by atoms with van der Waals surface area (Å²) in [5.74, 6) is -0.604. The lowest BCUT2D eigenvalue weighted by molar-refractivity contribution is 0.0696. The minimum absolute atomic E-state index is 0.131. The molecule has 0 bridgehead atoms. The van der Waals surface area contributed by atoms with Crippen LogP contribution in [-0.2, 0) is 0 Å². The number of carboxylic acid groups (broad SMARTS) is 1. The molecule has 0 aliphatic heterocycles. The molecule has 1 aromatic rings.